The van der Waals surface area contributed by atoms with Gasteiger partial charge in [0, 0.05) is 6.42 Å². The summed E-state index contributed by atoms with van der Waals surface area (Å²) in [5, 5.41) is 2.49. The Bertz CT molecular complexity index is 565. The summed E-state index contributed by atoms with van der Waals surface area (Å²) in [6.07, 6.45) is 2.81. The van der Waals surface area contributed by atoms with E-state index in [1.54, 1.807) is 0 Å². The van der Waals surface area contributed by atoms with Gasteiger partial charge >= 0.3 is 5.97 Å². The SMILES string of the molecule is O=C(OCCc1cccc2ccccc12)C1CC1. The summed E-state index contributed by atoms with van der Waals surface area (Å²) in [5.41, 5.74) is 1.25. The number of esters is 1. The van der Waals surface area contributed by atoms with Crippen LogP contribution < -0.4 is 0 Å². The van der Waals surface area contributed by atoms with E-state index in [4.69, 9.17) is 4.74 Å². The third kappa shape index (κ3) is 2.37. The summed E-state index contributed by atoms with van der Waals surface area (Å²) in [6, 6.07) is 14.6. The van der Waals surface area contributed by atoms with Gasteiger partial charge in [0.25, 0.3) is 0 Å². The van der Waals surface area contributed by atoms with Gasteiger partial charge in [-0.3, -0.25) is 4.79 Å². The number of benzene rings is 2. The van der Waals surface area contributed by atoms with Crippen molar-refractivity contribution in [1.29, 1.82) is 0 Å². The van der Waals surface area contributed by atoms with E-state index in [-0.39, 0.29) is 11.9 Å². The Morgan fingerprint density at radius 2 is 1.89 bits per heavy atom. The second-order valence-electron chi connectivity index (χ2n) is 4.83. The Balaban J connectivity index is 1.68. The number of hydrogen-bond acceptors (Lipinski definition) is 2. The molecule has 0 bridgehead atoms. The highest BCUT2D eigenvalue weighted by atomic mass is 16.5. The molecular formula is C16H16O2. The van der Waals surface area contributed by atoms with Crippen molar-refractivity contribution in [2.24, 2.45) is 5.92 Å². The van der Waals surface area contributed by atoms with Gasteiger partial charge in [-0.05, 0) is 29.2 Å². The first-order valence-electron chi connectivity index (χ1n) is 6.48. The molecule has 0 heterocycles. The van der Waals surface area contributed by atoms with Crippen molar-refractivity contribution in [3.05, 3.63) is 48.0 Å². The smallest absolute Gasteiger partial charge is 0.308 e. The first-order chi connectivity index (χ1) is 8.84. The molecule has 0 N–H and O–H groups in total. The second kappa shape index (κ2) is 4.81. The van der Waals surface area contributed by atoms with Crippen molar-refractivity contribution in [1.82, 2.24) is 0 Å². The molecule has 1 aliphatic rings. The molecule has 3 rings (SSSR count). The summed E-state index contributed by atoms with van der Waals surface area (Å²) >= 11 is 0. The minimum absolute atomic E-state index is 0.0183. The lowest BCUT2D eigenvalue weighted by molar-refractivity contribution is -0.145. The molecular weight excluding hydrogens is 224 g/mol. The first kappa shape index (κ1) is 11.3. The maximum atomic E-state index is 11.4. The average molecular weight is 240 g/mol. The lowest BCUT2D eigenvalue weighted by Gasteiger charge is -2.07. The Labute approximate surface area is 107 Å². The molecule has 1 fully saturated rings. The van der Waals surface area contributed by atoms with E-state index in [9.17, 15) is 4.79 Å². The van der Waals surface area contributed by atoms with Crippen LogP contribution >= 0.6 is 0 Å². The van der Waals surface area contributed by atoms with Crippen LogP contribution in [0.25, 0.3) is 10.8 Å². The number of fused-ring (bicyclic) bond motifs is 1. The van der Waals surface area contributed by atoms with E-state index in [0.717, 1.165) is 19.3 Å². The van der Waals surface area contributed by atoms with Crippen molar-refractivity contribution in [3.63, 3.8) is 0 Å². The molecule has 2 aromatic rings. The van der Waals surface area contributed by atoms with Crippen LogP contribution in [0.4, 0.5) is 0 Å². The average Bonchev–Trinajstić information content (AvgIpc) is 3.23. The van der Waals surface area contributed by atoms with Crippen molar-refractivity contribution >= 4 is 16.7 Å². The summed E-state index contributed by atoms with van der Waals surface area (Å²) in [7, 11) is 0. The van der Waals surface area contributed by atoms with Crippen LogP contribution in [-0.4, -0.2) is 12.6 Å². The second-order valence-corrected chi connectivity index (χ2v) is 4.83. The molecule has 2 nitrogen and oxygen atoms in total. The van der Waals surface area contributed by atoms with E-state index in [2.05, 4.69) is 30.3 Å². The third-order valence-corrected chi connectivity index (χ3v) is 3.41. The maximum absolute atomic E-state index is 11.4. The minimum atomic E-state index is -0.0183. The molecule has 1 saturated carbocycles. The molecule has 0 saturated heterocycles. The van der Waals surface area contributed by atoms with Gasteiger partial charge < -0.3 is 4.74 Å². The number of carbonyl (C=O) groups is 1. The molecule has 0 radical (unpaired) electrons. The van der Waals surface area contributed by atoms with Crippen LogP contribution in [0.15, 0.2) is 42.5 Å². The monoisotopic (exact) mass is 240 g/mol. The third-order valence-electron chi connectivity index (χ3n) is 3.41. The van der Waals surface area contributed by atoms with Gasteiger partial charge in [0.05, 0.1) is 12.5 Å². The van der Waals surface area contributed by atoms with Crippen LogP contribution in [0.5, 0.6) is 0 Å². The summed E-state index contributed by atoms with van der Waals surface area (Å²) in [6.45, 7) is 0.489. The topological polar surface area (TPSA) is 26.3 Å². The maximum Gasteiger partial charge on any atom is 0.308 e. The van der Waals surface area contributed by atoms with E-state index < -0.39 is 0 Å². The number of ether oxygens (including phenoxy) is 1. The molecule has 0 aromatic heterocycles. The summed E-state index contributed by atoms with van der Waals surface area (Å²) in [4.78, 5) is 11.4. The molecule has 0 atom stereocenters. The fourth-order valence-corrected chi connectivity index (χ4v) is 2.21. The molecule has 1 aliphatic carbocycles. The standard InChI is InChI=1S/C16H16O2/c17-16(14-8-9-14)18-11-10-13-6-3-5-12-4-1-2-7-15(12)13/h1-7,14H,8-11H2. The highest BCUT2D eigenvalue weighted by Crippen LogP contribution is 2.30. The quantitative estimate of drug-likeness (QED) is 0.766. The Hall–Kier alpha value is -1.83. The van der Waals surface area contributed by atoms with Gasteiger partial charge in [-0.15, -0.1) is 0 Å². The van der Waals surface area contributed by atoms with Crippen molar-refractivity contribution < 1.29 is 9.53 Å². The molecule has 2 aromatic carbocycles. The van der Waals surface area contributed by atoms with Crippen molar-refractivity contribution in [3.8, 4) is 0 Å². The van der Waals surface area contributed by atoms with Crippen LogP contribution in [0, 0.1) is 5.92 Å². The molecule has 92 valence electrons. The van der Waals surface area contributed by atoms with E-state index in [1.807, 2.05) is 12.1 Å². The predicted octanol–water partition coefficient (Wildman–Crippen LogP) is 3.34. The summed E-state index contributed by atoms with van der Waals surface area (Å²) < 4.78 is 5.28. The zero-order valence-corrected chi connectivity index (χ0v) is 10.3. The van der Waals surface area contributed by atoms with Gasteiger partial charge in [0.1, 0.15) is 0 Å². The van der Waals surface area contributed by atoms with E-state index in [0.29, 0.717) is 6.61 Å². The lowest BCUT2D eigenvalue weighted by atomic mass is 10.0. The van der Waals surface area contributed by atoms with Crippen LogP contribution in [0.2, 0.25) is 0 Å². The molecule has 2 heteroatoms. The largest absolute Gasteiger partial charge is 0.465 e. The van der Waals surface area contributed by atoms with Crippen molar-refractivity contribution in [2.45, 2.75) is 19.3 Å². The Morgan fingerprint density at radius 3 is 2.72 bits per heavy atom. The van der Waals surface area contributed by atoms with Crippen LogP contribution in [-0.2, 0) is 16.0 Å². The zero-order valence-electron chi connectivity index (χ0n) is 10.3. The van der Waals surface area contributed by atoms with Crippen LogP contribution in [0.3, 0.4) is 0 Å². The number of rotatable bonds is 4. The Kier molecular flexibility index (Phi) is 3.01. The first-order valence-corrected chi connectivity index (χ1v) is 6.48. The van der Waals surface area contributed by atoms with Gasteiger partial charge in [-0.1, -0.05) is 42.5 Å². The fourth-order valence-electron chi connectivity index (χ4n) is 2.21. The lowest BCUT2D eigenvalue weighted by Crippen LogP contribution is -2.09. The number of hydrogen-bond donors (Lipinski definition) is 0. The van der Waals surface area contributed by atoms with E-state index >= 15 is 0 Å². The Morgan fingerprint density at radius 1 is 1.11 bits per heavy atom. The normalized spacial score (nSPS) is 14.7. The molecule has 0 spiro atoms. The highest BCUT2D eigenvalue weighted by molar-refractivity contribution is 5.85. The predicted molar refractivity (Wildman–Crippen MR) is 71.3 cm³/mol. The van der Waals surface area contributed by atoms with Gasteiger partial charge in [0.2, 0.25) is 0 Å². The minimum Gasteiger partial charge on any atom is -0.465 e. The molecule has 0 amide bonds. The highest BCUT2D eigenvalue weighted by Gasteiger charge is 2.30. The van der Waals surface area contributed by atoms with Gasteiger partial charge in [-0.2, -0.15) is 0 Å². The zero-order chi connectivity index (χ0) is 12.4. The molecule has 18 heavy (non-hydrogen) atoms. The molecule has 0 unspecified atom stereocenters. The van der Waals surface area contributed by atoms with Crippen molar-refractivity contribution in [2.75, 3.05) is 6.61 Å². The van der Waals surface area contributed by atoms with Gasteiger partial charge in [-0.25, -0.2) is 0 Å². The number of carbonyl (C=O) groups excluding carboxylic acids is 1. The summed E-state index contributed by atoms with van der Waals surface area (Å²) in [5.74, 6) is 0.174. The fraction of sp³-hybridized carbons (Fsp3) is 0.312. The van der Waals surface area contributed by atoms with Crippen LogP contribution in [0.1, 0.15) is 18.4 Å². The molecule has 0 aliphatic heterocycles. The van der Waals surface area contributed by atoms with E-state index in [1.165, 1.54) is 16.3 Å². The van der Waals surface area contributed by atoms with Gasteiger partial charge in [0.15, 0.2) is 0 Å².